The monoisotopic (exact) mass is 426 g/mol. The average molecular weight is 427 g/mol. The van der Waals surface area contributed by atoms with E-state index in [2.05, 4.69) is 19.2 Å². The molecule has 0 saturated carbocycles. The van der Waals surface area contributed by atoms with E-state index < -0.39 is 6.04 Å². The Morgan fingerprint density at radius 1 is 0.903 bits per heavy atom. The normalized spacial score (nSPS) is 11.9. The molecule has 2 amide bonds. The lowest BCUT2D eigenvalue weighted by Gasteiger charge is -2.29. The molecule has 0 aromatic heterocycles. The maximum Gasteiger partial charge on any atom is 0.261 e. The molecule has 31 heavy (non-hydrogen) atoms. The van der Waals surface area contributed by atoms with Crippen molar-refractivity contribution in [1.82, 2.24) is 10.2 Å². The Bertz CT molecular complexity index is 845. The zero-order valence-corrected chi connectivity index (χ0v) is 19.3. The van der Waals surface area contributed by atoms with Crippen molar-refractivity contribution in [3.63, 3.8) is 0 Å². The molecule has 2 aromatic rings. The van der Waals surface area contributed by atoms with Gasteiger partial charge in [0.2, 0.25) is 5.91 Å². The molecule has 0 spiro atoms. The smallest absolute Gasteiger partial charge is 0.261 e. The topological polar surface area (TPSA) is 67.9 Å². The fraction of sp³-hybridized carbons (Fsp3) is 0.440. The van der Waals surface area contributed by atoms with Crippen LogP contribution in [-0.2, 0) is 16.1 Å². The molecule has 0 fully saturated rings. The lowest BCUT2D eigenvalue weighted by Crippen LogP contribution is -2.50. The van der Waals surface area contributed by atoms with Crippen molar-refractivity contribution in [3.05, 3.63) is 59.7 Å². The van der Waals surface area contributed by atoms with Gasteiger partial charge in [-0.1, -0.05) is 38.1 Å². The van der Waals surface area contributed by atoms with Crippen LogP contribution in [0.25, 0.3) is 0 Å². The second kappa shape index (κ2) is 11.4. The highest BCUT2D eigenvalue weighted by molar-refractivity contribution is 5.88. The number of nitrogens with one attached hydrogen (secondary N) is 1. The minimum atomic E-state index is -0.635. The van der Waals surface area contributed by atoms with Gasteiger partial charge in [-0.2, -0.15) is 0 Å². The number of methoxy groups -OCH3 is 1. The molecule has 2 aromatic carbocycles. The number of amides is 2. The summed E-state index contributed by atoms with van der Waals surface area (Å²) in [5, 5.41) is 2.88. The molecule has 6 nitrogen and oxygen atoms in total. The summed E-state index contributed by atoms with van der Waals surface area (Å²) in [6, 6.07) is 14.5. The number of hydrogen-bond acceptors (Lipinski definition) is 4. The van der Waals surface area contributed by atoms with Gasteiger partial charge in [0.1, 0.15) is 17.5 Å². The van der Waals surface area contributed by atoms with Crippen LogP contribution in [0.1, 0.15) is 51.7 Å². The first-order valence-electron chi connectivity index (χ1n) is 10.7. The van der Waals surface area contributed by atoms with Crippen molar-refractivity contribution >= 4 is 11.8 Å². The van der Waals surface area contributed by atoms with Gasteiger partial charge in [0.05, 0.1) is 7.11 Å². The van der Waals surface area contributed by atoms with Crippen molar-refractivity contribution in [1.29, 1.82) is 0 Å². The number of carbonyl (C=O) groups is 2. The molecule has 0 saturated heterocycles. The SMILES string of the molecule is COc1ccc(CN(C(=O)COc2ccc(C(C)C)cc2)C(C)C(=O)NC(C)C)cc1. The molecule has 0 aliphatic rings. The number of hydrogen-bond donors (Lipinski definition) is 1. The second-order valence-corrected chi connectivity index (χ2v) is 8.22. The molecule has 6 heteroatoms. The van der Waals surface area contributed by atoms with Crippen LogP contribution < -0.4 is 14.8 Å². The first-order valence-corrected chi connectivity index (χ1v) is 10.7. The lowest BCUT2D eigenvalue weighted by molar-refractivity contribution is -0.142. The Kier molecular flexibility index (Phi) is 8.91. The predicted molar refractivity (Wildman–Crippen MR) is 122 cm³/mol. The van der Waals surface area contributed by atoms with Crippen molar-refractivity contribution < 1.29 is 19.1 Å². The van der Waals surface area contributed by atoms with Gasteiger partial charge < -0.3 is 19.7 Å². The summed E-state index contributed by atoms with van der Waals surface area (Å²) in [7, 11) is 1.61. The third-order valence-corrected chi connectivity index (χ3v) is 5.02. The summed E-state index contributed by atoms with van der Waals surface area (Å²) >= 11 is 0. The summed E-state index contributed by atoms with van der Waals surface area (Å²) in [6.07, 6.45) is 0. The summed E-state index contributed by atoms with van der Waals surface area (Å²) in [5.41, 5.74) is 2.11. The third kappa shape index (κ3) is 7.31. The van der Waals surface area contributed by atoms with Gasteiger partial charge in [0.15, 0.2) is 6.61 Å². The number of benzene rings is 2. The number of ether oxygens (including phenoxy) is 2. The van der Waals surface area contributed by atoms with E-state index in [9.17, 15) is 9.59 Å². The highest BCUT2D eigenvalue weighted by atomic mass is 16.5. The Hall–Kier alpha value is -3.02. The van der Waals surface area contributed by atoms with Gasteiger partial charge in [-0.05, 0) is 62.1 Å². The van der Waals surface area contributed by atoms with Crippen LogP contribution in [-0.4, -0.2) is 42.5 Å². The van der Waals surface area contributed by atoms with Gasteiger partial charge in [0, 0.05) is 12.6 Å². The van der Waals surface area contributed by atoms with E-state index in [1.807, 2.05) is 62.4 Å². The van der Waals surface area contributed by atoms with Crippen LogP contribution in [0.5, 0.6) is 11.5 Å². The summed E-state index contributed by atoms with van der Waals surface area (Å²) in [4.78, 5) is 27.2. The molecule has 0 aliphatic carbocycles. The Labute approximate surface area is 185 Å². The van der Waals surface area contributed by atoms with Gasteiger partial charge in [-0.15, -0.1) is 0 Å². The van der Waals surface area contributed by atoms with E-state index in [-0.39, 0.29) is 24.5 Å². The van der Waals surface area contributed by atoms with E-state index >= 15 is 0 Å². The molecule has 0 bridgehead atoms. The highest BCUT2D eigenvalue weighted by Crippen LogP contribution is 2.19. The highest BCUT2D eigenvalue weighted by Gasteiger charge is 2.27. The maximum atomic E-state index is 13.0. The maximum absolute atomic E-state index is 13.0. The van der Waals surface area contributed by atoms with E-state index in [0.717, 1.165) is 11.3 Å². The van der Waals surface area contributed by atoms with Crippen molar-refractivity contribution in [2.45, 2.75) is 59.2 Å². The van der Waals surface area contributed by atoms with Crippen molar-refractivity contribution in [3.8, 4) is 11.5 Å². The van der Waals surface area contributed by atoms with Crippen molar-refractivity contribution in [2.75, 3.05) is 13.7 Å². The largest absolute Gasteiger partial charge is 0.497 e. The number of rotatable bonds is 10. The Morgan fingerprint density at radius 3 is 2.00 bits per heavy atom. The molecular formula is C25H34N2O4. The summed E-state index contributed by atoms with van der Waals surface area (Å²) < 4.78 is 10.9. The van der Waals surface area contributed by atoms with Crippen LogP contribution in [0, 0.1) is 0 Å². The minimum Gasteiger partial charge on any atom is -0.497 e. The zero-order chi connectivity index (χ0) is 23.0. The van der Waals surface area contributed by atoms with Crippen LogP contribution >= 0.6 is 0 Å². The fourth-order valence-corrected chi connectivity index (χ4v) is 3.09. The Balaban J connectivity index is 2.12. The third-order valence-electron chi connectivity index (χ3n) is 5.02. The van der Waals surface area contributed by atoms with Crippen LogP contribution in [0.15, 0.2) is 48.5 Å². The van der Waals surface area contributed by atoms with E-state index in [4.69, 9.17) is 9.47 Å². The van der Waals surface area contributed by atoms with E-state index in [1.165, 1.54) is 5.56 Å². The molecule has 0 aliphatic heterocycles. The summed E-state index contributed by atoms with van der Waals surface area (Å²) in [6.45, 7) is 9.92. The molecule has 0 heterocycles. The molecule has 2 rings (SSSR count). The molecular weight excluding hydrogens is 392 g/mol. The van der Waals surface area contributed by atoms with E-state index in [0.29, 0.717) is 18.2 Å². The standard InChI is InChI=1S/C25H34N2O4/c1-17(2)21-9-13-23(14-10-21)31-16-24(28)27(19(5)25(29)26-18(3)4)15-20-7-11-22(30-6)12-8-20/h7-14,17-19H,15-16H2,1-6H3,(H,26,29). The number of nitrogens with zero attached hydrogens (tertiary/aromatic N) is 1. The van der Waals surface area contributed by atoms with E-state index in [1.54, 1.807) is 18.9 Å². The number of carbonyl (C=O) groups excluding carboxylic acids is 2. The first-order chi connectivity index (χ1) is 14.7. The van der Waals surface area contributed by atoms with Crippen LogP contribution in [0.3, 0.4) is 0 Å². The fourth-order valence-electron chi connectivity index (χ4n) is 3.09. The van der Waals surface area contributed by atoms with Gasteiger partial charge in [-0.3, -0.25) is 9.59 Å². The zero-order valence-electron chi connectivity index (χ0n) is 19.3. The molecule has 1 unspecified atom stereocenters. The molecule has 168 valence electrons. The first kappa shape index (κ1) is 24.3. The summed E-state index contributed by atoms with van der Waals surface area (Å²) in [5.74, 6) is 1.34. The Morgan fingerprint density at radius 2 is 1.48 bits per heavy atom. The minimum absolute atomic E-state index is 0.0105. The van der Waals surface area contributed by atoms with Crippen LogP contribution in [0.4, 0.5) is 0 Å². The lowest BCUT2D eigenvalue weighted by atomic mass is 10.0. The second-order valence-electron chi connectivity index (χ2n) is 8.22. The molecule has 1 atom stereocenters. The van der Waals surface area contributed by atoms with Gasteiger partial charge >= 0.3 is 0 Å². The van der Waals surface area contributed by atoms with Crippen LogP contribution in [0.2, 0.25) is 0 Å². The van der Waals surface area contributed by atoms with Gasteiger partial charge in [0.25, 0.3) is 5.91 Å². The quantitative estimate of drug-likeness (QED) is 0.620. The van der Waals surface area contributed by atoms with Crippen molar-refractivity contribution in [2.24, 2.45) is 0 Å². The molecule has 1 N–H and O–H groups in total. The van der Waals surface area contributed by atoms with Gasteiger partial charge in [-0.25, -0.2) is 0 Å². The average Bonchev–Trinajstić information content (AvgIpc) is 2.75. The molecule has 0 radical (unpaired) electrons. The predicted octanol–water partition coefficient (Wildman–Crippen LogP) is 4.14.